The SMILES string of the molecule is NC(CCC(=O)/C1=C/CCCCCC1)c1ccccc1. The van der Waals surface area contributed by atoms with Gasteiger partial charge in [0.1, 0.15) is 0 Å². The minimum absolute atomic E-state index is 0.0331. The summed E-state index contributed by atoms with van der Waals surface area (Å²) in [5.41, 5.74) is 8.32. The van der Waals surface area contributed by atoms with Gasteiger partial charge in [-0.15, -0.1) is 0 Å². The summed E-state index contributed by atoms with van der Waals surface area (Å²) in [7, 11) is 0. The number of Topliss-reactive ketones (excluding diaryl/α,β-unsaturated/α-hetero) is 1. The van der Waals surface area contributed by atoms with Crippen molar-refractivity contribution in [3.8, 4) is 0 Å². The van der Waals surface area contributed by atoms with E-state index in [1.54, 1.807) is 0 Å². The van der Waals surface area contributed by atoms with E-state index < -0.39 is 0 Å². The van der Waals surface area contributed by atoms with Crippen molar-refractivity contribution in [3.05, 3.63) is 47.5 Å². The van der Waals surface area contributed by atoms with Gasteiger partial charge in [0.15, 0.2) is 5.78 Å². The van der Waals surface area contributed by atoms with E-state index in [1.807, 2.05) is 30.3 Å². The molecule has 2 nitrogen and oxygen atoms in total. The molecule has 20 heavy (non-hydrogen) atoms. The van der Waals surface area contributed by atoms with Gasteiger partial charge in [0.25, 0.3) is 0 Å². The van der Waals surface area contributed by atoms with Crippen molar-refractivity contribution in [3.63, 3.8) is 0 Å². The van der Waals surface area contributed by atoms with Crippen LogP contribution >= 0.6 is 0 Å². The lowest BCUT2D eigenvalue weighted by atomic mass is 9.93. The normalized spacial score (nSPS) is 20.4. The first kappa shape index (κ1) is 15.0. The van der Waals surface area contributed by atoms with Gasteiger partial charge >= 0.3 is 0 Å². The quantitative estimate of drug-likeness (QED) is 0.866. The molecule has 0 bridgehead atoms. The van der Waals surface area contributed by atoms with Gasteiger partial charge < -0.3 is 5.73 Å². The van der Waals surface area contributed by atoms with Gasteiger partial charge in [0.05, 0.1) is 0 Å². The number of carbonyl (C=O) groups is 1. The summed E-state index contributed by atoms with van der Waals surface area (Å²) in [5, 5.41) is 0. The zero-order valence-corrected chi connectivity index (χ0v) is 12.2. The summed E-state index contributed by atoms with van der Waals surface area (Å²) < 4.78 is 0. The molecule has 108 valence electrons. The Morgan fingerprint density at radius 2 is 1.85 bits per heavy atom. The Kier molecular flexibility index (Phi) is 6.00. The molecule has 1 aromatic carbocycles. The maximum Gasteiger partial charge on any atom is 0.158 e. The Hall–Kier alpha value is -1.41. The molecule has 2 heteroatoms. The fourth-order valence-electron chi connectivity index (χ4n) is 2.76. The van der Waals surface area contributed by atoms with E-state index in [0.29, 0.717) is 12.2 Å². The number of rotatable bonds is 5. The maximum atomic E-state index is 12.3. The maximum absolute atomic E-state index is 12.3. The lowest BCUT2D eigenvalue weighted by Gasteiger charge is -2.13. The summed E-state index contributed by atoms with van der Waals surface area (Å²) >= 11 is 0. The van der Waals surface area contributed by atoms with Gasteiger partial charge in [0.2, 0.25) is 0 Å². The van der Waals surface area contributed by atoms with Crippen LogP contribution < -0.4 is 5.73 Å². The number of allylic oxidation sites excluding steroid dienone is 2. The molecular weight excluding hydrogens is 246 g/mol. The van der Waals surface area contributed by atoms with E-state index in [4.69, 9.17) is 5.73 Å². The van der Waals surface area contributed by atoms with Crippen molar-refractivity contribution in [1.29, 1.82) is 0 Å². The molecule has 0 aromatic heterocycles. The minimum atomic E-state index is -0.0331. The van der Waals surface area contributed by atoms with E-state index >= 15 is 0 Å². The van der Waals surface area contributed by atoms with Gasteiger partial charge in [-0.2, -0.15) is 0 Å². The molecule has 1 unspecified atom stereocenters. The van der Waals surface area contributed by atoms with E-state index in [2.05, 4.69) is 6.08 Å². The number of carbonyl (C=O) groups excluding carboxylic acids is 1. The summed E-state index contributed by atoms with van der Waals surface area (Å²) in [6.45, 7) is 0. The van der Waals surface area contributed by atoms with Crippen LogP contribution in [-0.4, -0.2) is 5.78 Å². The molecule has 1 aliphatic rings. The Morgan fingerprint density at radius 1 is 1.10 bits per heavy atom. The third-order valence-electron chi connectivity index (χ3n) is 4.06. The van der Waals surface area contributed by atoms with Gasteiger partial charge in [-0.1, -0.05) is 49.2 Å². The molecule has 0 heterocycles. The van der Waals surface area contributed by atoms with Crippen molar-refractivity contribution in [2.45, 2.75) is 57.4 Å². The predicted molar refractivity (Wildman–Crippen MR) is 83.4 cm³/mol. The van der Waals surface area contributed by atoms with Crippen molar-refractivity contribution in [2.75, 3.05) is 0 Å². The highest BCUT2D eigenvalue weighted by atomic mass is 16.1. The Bertz CT molecular complexity index is 450. The molecule has 0 fully saturated rings. The number of nitrogens with two attached hydrogens (primary N) is 1. The predicted octanol–water partition coefficient (Wildman–Crippen LogP) is 4.32. The number of hydrogen-bond donors (Lipinski definition) is 1. The second-order valence-electron chi connectivity index (χ2n) is 5.66. The first-order valence-corrected chi connectivity index (χ1v) is 7.80. The lowest BCUT2D eigenvalue weighted by Crippen LogP contribution is -2.13. The molecule has 1 aromatic rings. The van der Waals surface area contributed by atoms with Gasteiger partial charge in [0, 0.05) is 12.5 Å². The van der Waals surface area contributed by atoms with Crippen molar-refractivity contribution < 1.29 is 4.79 Å². The third-order valence-corrected chi connectivity index (χ3v) is 4.06. The highest BCUT2D eigenvalue weighted by Gasteiger charge is 2.13. The molecule has 0 aliphatic heterocycles. The highest BCUT2D eigenvalue weighted by molar-refractivity contribution is 5.95. The molecule has 0 spiro atoms. The Labute approximate surface area is 122 Å². The summed E-state index contributed by atoms with van der Waals surface area (Å²) in [6, 6.07) is 10.0. The van der Waals surface area contributed by atoms with E-state index in [9.17, 15) is 4.79 Å². The molecule has 0 saturated carbocycles. The van der Waals surface area contributed by atoms with E-state index in [0.717, 1.165) is 36.8 Å². The van der Waals surface area contributed by atoms with Gasteiger partial charge in [-0.25, -0.2) is 0 Å². The number of hydrogen-bond acceptors (Lipinski definition) is 2. The fraction of sp³-hybridized carbons (Fsp3) is 0.500. The first-order chi connectivity index (χ1) is 9.77. The second-order valence-corrected chi connectivity index (χ2v) is 5.66. The smallest absolute Gasteiger partial charge is 0.158 e. The molecule has 0 saturated heterocycles. The van der Waals surface area contributed by atoms with Crippen LogP contribution in [0.3, 0.4) is 0 Å². The summed E-state index contributed by atoms with van der Waals surface area (Å²) in [6.07, 6.45) is 10.4. The topological polar surface area (TPSA) is 43.1 Å². The van der Waals surface area contributed by atoms with Gasteiger partial charge in [-0.05, 0) is 43.2 Å². The van der Waals surface area contributed by atoms with E-state index in [-0.39, 0.29) is 6.04 Å². The molecule has 0 radical (unpaired) electrons. The van der Waals surface area contributed by atoms with Crippen LogP contribution in [0.15, 0.2) is 42.0 Å². The molecule has 2 rings (SSSR count). The van der Waals surface area contributed by atoms with E-state index in [1.165, 1.54) is 19.3 Å². The number of benzene rings is 1. The molecule has 0 amide bonds. The fourth-order valence-corrected chi connectivity index (χ4v) is 2.76. The van der Waals surface area contributed by atoms with Crippen LogP contribution in [-0.2, 0) is 4.79 Å². The second kappa shape index (κ2) is 8.01. The summed E-state index contributed by atoms with van der Waals surface area (Å²) in [5.74, 6) is 0.304. The Morgan fingerprint density at radius 3 is 2.65 bits per heavy atom. The van der Waals surface area contributed by atoms with Crippen LogP contribution in [0, 0.1) is 0 Å². The zero-order chi connectivity index (χ0) is 14.2. The lowest BCUT2D eigenvalue weighted by molar-refractivity contribution is -0.115. The average molecular weight is 271 g/mol. The largest absolute Gasteiger partial charge is 0.324 e. The average Bonchev–Trinajstić information content (AvgIpc) is 2.45. The van der Waals surface area contributed by atoms with Crippen molar-refractivity contribution >= 4 is 5.78 Å². The van der Waals surface area contributed by atoms with Crippen LogP contribution in [0.2, 0.25) is 0 Å². The van der Waals surface area contributed by atoms with Crippen LogP contribution in [0.5, 0.6) is 0 Å². The van der Waals surface area contributed by atoms with Gasteiger partial charge in [-0.3, -0.25) is 4.79 Å². The van der Waals surface area contributed by atoms with Crippen LogP contribution in [0.1, 0.15) is 63.0 Å². The Balaban J connectivity index is 1.85. The van der Waals surface area contributed by atoms with Crippen LogP contribution in [0.4, 0.5) is 0 Å². The molecule has 2 N–H and O–H groups in total. The first-order valence-electron chi connectivity index (χ1n) is 7.80. The monoisotopic (exact) mass is 271 g/mol. The summed E-state index contributed by atoms with van der Waals surface area (Å²) in [4.78, 5) is 12.3. The zero-order valence-electron chi connectivity index (χ0n) is 12.2. The molecule has 1 atom stereocenters. The van der Waals surface area contributed by atoms with Crippen molar-refractivity contribution in [1.82, 2.24) is 0 Å². The molecular formula is C18H25NO. The standard InChI is InChI=1S/C18H25NO/c19-17(15-9-7-4-8-10-15)13-14-18(20)16-11-5-2-1-3-6-12-16/h4,7-11,17H,1-3,5-6,12-14,19H2/b16-11+. The third kappa shape index (κ3) is 4.61. The van der Waals surface area contributed by atoms with Crippen LogP contribution in [0.25, 0.3) is 0 Å². The minimum Gasteiger partial charge on any atom is -0.324 e. The van der Waals surface area contributed by atoms with Crippen molar-refractivity contribution in [2.24, 2.45) is 5.73 Å². The highest BCUT2D eigenvalue weighted by Crippen LogP contribution is 2.21. The molecule has 1 aliphatic carbocycles. The number of ketones is 1.